The van der Waals surface area contributed by atoms with Crippen LogP contribution >= 0.6 is 0 Å². The van der Waals surface area contributed by atoms with Gasteiger partial charge in [0.15, 0.2) is 17.3 Å². The summed E-state index contributed by atoms with van der Waals surface area (Å²) in [4.78, 5) is 27.1. The second-order valence-corrected chi connectivity index (χ2v) is 7.59. The lowest BCUT2D eigenvalue weighted by Gasteiger charge is -2.33. The number of carbonyl (C=O) groups excluding carboxylic acids is 2. The van der Waals surface area contributed by atoms with Crippen molar-refractivity contribution in [1.29, 1.82) is 0 Å². The number of carbonyl (C=O) groups is 2. The highest BCUT2D eigenvalue weighted by molar-refractivity contribution is 5.97. The molecule has 6 nitrogen and oxygen atoms in total. The van der Waals surface area contributed by atoms with E-state index >= 15 is 0 Å². The number of piperidine rings is 1. The second kappa shape index (κ2) is 8.55. The summed E-state index contributed by atoms with van der Waals surface area (Å²) >= 11 is 0. The molecular weight excluding hydrogens is 368 g/mol. The molecule has 1 unspecified atom stereocenters. The highest BCUT2D eigenvalue weighted by Crippen LogP contribution is 2.32. The maximum atomic E-state index is 12.7. The first-order valence-corrected chi connectivity index (χ1v) is 10.2. The molecule has 1 N–H and O–H groups in total. The van der Waals surface area contributed by atoms with Crippen LogP contribution in [-0.2, 0) is 0 Å². The molecule has 152 valence electrons. The minimum Gasteiger partial charge on any atom is -0.454 e. The van der Waals surface area contributed by atoms with Gasteiger partial charge < -0.3 is 19.7 Å². The number of benzene rings is 2. The summed E-state index contributed by atoms with van der Waals surface area (Å²) in [5.74, 6) is 1.43. The predicted molar refractivity (Wildman–Crippen MR) is 111 cm³/mol. The monoisotopic (exact) mass is 394 g/mol. The zero-order chi connectivity index (χ0) is 20.2. The van der Waals surface area contributed by atoms with E-state index in [1.807, 2.05) is 29.2 Å². The largest absolute Gasteiger partial charge is 0.454 e. The molecule has 29 heavy (non-hydrogen) atoms. The summed E-state index contributed by atoms with van der Waals surface area (Å²) in [5.41, 5.74) is 2.22. The fourth-order valence-electron chi connectivity index (χ4n) is 3.83. The van der Waals surface area contributed by atoms with Crippen molar-refractivity contribution in [3.05, 3.63) is 53.6 Å². The van der Waals surface area contributed by atoms with Gasteiger partial charge in [-0.25, -0.2) is 0 Å². The highest BCUT2D eigenvalue weighted by Gasteiger charge is 2.24. The van der Waals surface area contributed by atoms with Gasteiger partial charge in [-0.2, -0.15) is 0 Å². The van der Waals surface area contributed by atoms with Crippen LogP contribution in [0.2, 0.25) is 0 Å². The third-order valence-corrected chi connectivity index (χ3v) is 5.57. The van der Waals surface area contributed by atoms with Crippen LogP contribution in [0.25, 0.3) is 0 Å². The van der Waals surface area contributed by atoms with Crippen LogP contribution in [-0.4, -0.2) is 42.5 Å². The van der Waals surface area contributed by atoms with Gasteiger partial charge in [-0.05, 0) is 68.7 Å². The summed E-state index contributed by atoms with van der Waals surface area (Å²) in [7, 11) is 0. The molecule has 0 saturated carbocycles. The van der Waals surface area contributed by atoms with Gasteiger partial charge in [-0.1, -0.05) is 0 Å². The number of ether oxygens (including phenoxy) is 2. The van der Waals surface area contributed by atoms with Gasteiger partial charge in [0.25, 0.3) is 5.91 Å². The van der Waals surface area contributed by atoms with E-state index in [-0.39, 0.29) is 18.5 Å². The first kappa shape index (κ1) is 19.3. The Hall–Kier alpha value is -3.02. The molecule has 1 atom stereocenters. The summed E-state index contributed by atoms with van der Waals surface area (Å²) in [6.07, 6.45) is 3.71. The Morgan fingerprint density at radius 2 is 1.79 bits per heavy atom. The standard InChI is InChI=1S/C23H26N2O4/c1-16-4-2-3-13-25(16)23(27)17-5-8-19(9-6-17)24-12-11-20(26)18-7-10-21-22(14-18)29-15-28-21/h5-10,14,16,24H,2-4,11-13,15H2,1H3. The van der Waals surface area contributed by atoms with E-state index in [9.17, 15) is 9.59 Å². The number of fused-ring (bicyclic) bond motifs is 1. The van der Waals surface area contributed by atoms with Crippen molar-refractivity contribution >= 4 is 17.4 Å². The van der Waals surface area contributed by atoms with Crippen LogP contribution in [0, 0.1) is 0 Å². The Bertz CT molecular complexity index is 894. The molecule has 2 aromatic rings. The third kappa shape index (κ3) is 4.36. The molecule has 6 heteroatoms. The molecule has 0 aliphatic carbocycles. The quantitative estimate of drug-likeness (QED) is 0.747. The van der Waals surface area contributed by atoms with Crippen LogP contribution < -0.4 is 14.8 Å². The lowest BCUT2D eigenvalue weighted by atomic mass is 10.0. The fraction of sp³-hybridized carbons (Fsp3) is 0.391. The minimum atomic E-state index is 0.0432. The van der Waals surface area contributed by atoms with E-state index < -0.39 is 0 Å². The molecular formula is C23H26N2O4. The summed E-state index contributed by atoms with van der Waals surface area (Å²) in [6.45, 7) is 3.67. The lowest BCUT2D eigenvalue weighted by molar-refractivity contribution is 0.0635. The van der Waals surface area contributed by atoms with E-state index in [2.05, 4.69) is 12.2 Å². The first-order valence-electron chi connectivity index (χ1n) is 10.2. The van der Waals surface area contributed by atoms with Crippen LogP contribution in [0.3, 0.4) is 0 Å². The summed E-state index contributed by atoms with van der Waals surface area (Å²) < 4.78 is 10.6. The zero-order valence-corrected chi connectivity index (χ0v) is 16.6. The maximum Gasteiger partial charge on any atom is 0.254 e. The molecule has 4 rings (SSSR count). The topological polar surface area (TPSA) is 67.9 Å². The molecule has 1 amide bonds. The number of hydrogen-bond acceptors (Lipinski definition) is 5. The average molecular weight is 394 g/mol. The van der Waals surface area contributed by atoms with Gasteiger partial charge in [-0.3, -0.25) is 9.59 Å². The molecule has 2 aromatic carbocycles. The zero-order valence-electron chi connectivity index (χ0n) is 16.6. The Morgan fingerprint density at radius 3 is 2.59 bits per heavy atom. The van der Waals surface area contributed by atoms with Crippen LogP contribution in [0.1, 0.15) is 53.3 Å². The Morgan fingerprint density at radius 1 is 1.03 bits per heavy atom. The van der Waals surface area contributed by atoms with Gasteiger partial charge in [0.05, 0.1) is 0 Å². The van der Waals surface area contributed by atoms with Crippen molar-refractivity contribution in [1.82, 2.24) is 4.90 Å². The number of rotatable bonds is 6. The normalized spacial score (nSPS) is 17.8. The van der Waals surface area contributed by atoms with Crippen molar-refractivity contribution in [3.63, 3.8) is 0 Å². The number of amides is 1. The van der Waals surface area contributed by atoms with Gasteiger partial charge in [0, 0.05) is 42.4 Å². The van der Waals surface area contributed by atoms with Gasteiger partial charge in [-0.15, -0.1) is 0 Å². The van der Waals surface area contributed by atoms with Crippen molar-refractivity contribution in [2.24, 2.45) is 0 Å². The molecule has 1 fully saturated rings. The van der Waals surface area contributed by atoms with Crippen LogP contribution in [0.15, 0.2) is 42.5 Å². The van der Waals surface area contributed by atoms with Crippen LogP contribution in [0.5, 0.6) is 11.5 Å². The van der Waals surface area contributed by atoms with Crippen molar-refractivity contribution in [2.45, 2.75) is 38.6 Å². The molecule has 0 bridgehead atoms. The van der Waals surface area contributed by atoms with Crippen molar-refractivity contribution in [3.8, 4) is 11.5 Å². The van der Waals surface area contributed by atoms with E-state index in [0.29, 0.717) is 41.6 Å². The van der Waals surface area contributed by atoms with Crippen molar-refractivity contribution < 1.29 is 19.1 Å². The van der Waals surface area contributed by atoms with Gasteiger partial charge >= 0.3 is 0 Å². The van der Waals surface area contributed by atoms with Crippen molar-refractivity contribution in [2.75, 3.05) is 25.2 Å². The Kier molecular flexibility index (Phi) is 5.69. The molecule has 0 spiro atoms. The Labute approximate surface area is 170 Å². The van der Waals surface area contributed by atoms with Gasteiger partial charge in [0.2, 0.25) is 6.79 Å². The molecule has 2 aliphatic heterocycles. The number of Topliss-reactive ketones (excluding diaryl/α,β-unsaturated/α-hetero) is 1. The molecule has 2 heterocycles. The van der Waals surface area contributed by atoms with E-state index in [4.69, 9.17) is 9.47 Å². The fourth-order valence-corrected chi connectivity index (χ4v) is 3.83. The summed E-state index contributed by atoms with van der Waals surface area (Å²) in [5, 5.41) is 3.25. The number of nitrogens with zero attached hydrogens (tertiary/aromatic N) is 1. The minimum absolute atomic E-state index is 0.0432. The second-order valence-electron chi connectivity index (χ2n) is 7.59. The lowest BCUT2D eigenvalue weighted by Crippen LogP contribution is -2.41. The number of anilines is 1. The Balaban J connectivity index is 1.29. The highest BCUT2D eigenvalue weighted by atomic mass is 16.7. The number of nitrogens with one attached hydrogen (secondary N) is 1. The number of ketones is 1. The van der Waals surface area contributed by atoms with E-state index in [0.717, 1.165) is 25.1 Å². The van der Waals surface area contributed by atoms with Gasteiger partial charge in [0.1, 0.15) is 0 Å². The number of hydrogen-bond donors (Lipinski definition) is 1. The molecule has 1 saturated heterocycles. The maximum absolute atomic E-state index is 12.7. The molecule has 0 radical (unpaired) electrons. The smallest absolute Gasteiger partial charge is 0.254 e. The first-order chi connectivity index (χ1) is 14.1. The predicted octanol–water partition coefficient (Wildman–Crippen LogP) is 4.11. The van der Waals surface area contributed by atoms with Crippen LogP contribution in [0.4, 0.5) is 5.69 Å². The SMILES string of the molecule is CC1CCCCN1C(=O)c1ccc(NCCC(=O)c2ccc3c(c2)OCO3)cc1. The summed E-state index contributed by atoms with van der Waals surface area (Å²) in [6, 6.07) is 13.1. The third-order valence-electron chi connectivity index (χ3n) is 5.57. The molecule has 2 aliphatic rings. The average Bonchev–Trinajstić information content (AvgIpc) is 3.22. The molecule has 0 aromatic heterocycles. The van der Waals surface area contributed by atoms with E-state index in [1.54, 1.807) is 18.2 Å². The van der Waals surface area contributed by atoms with E-state index in [1.165, 1.54) is 6.42 Å². The number of likely N-dealkylation sites (tertiary alicyclic amines) is 1.